The summed E-state index contributed by atoms with van der Waals surface area (Å²) >= 11 is 0. The first-order valence-corrected chi connectivity index (χ1v) is 18.1. The number of H-pyrrole nitrogens is 1. The lowest BCUT2D eigenvalue weighted by atomic mass is 9.48. The van der Waals surface area contributed by atoms with Crippen molar-refractivity contribution in [3.05, 3.63) is 149 Å². The molecule has 4 fully saturated rings. The molecule has 1 unspecified atom stereocenters. The molecule has 0 saturated heterocycles. The van der Waals surface area contributed by atoms with Gasteiger partial charge in [0.1, 0.15) is 6.10 Å². The maximum atomic E-state index is 14.2. The summed E-state index contributed by atoms with van der Waals surface area (Å²) in [6.45, 7) is 0. The fourth-order valence-electron chi connectivity index (χ4n) is 9.55. The van der Waals surface area contributed by atoms with Crippen LogP contribution in [0.2, 0.25) is 0 Å². The largest absolute Gasteiger partial charge is 0.478 e. The Labute approximate surface area is 298 Å². The minimum absolute atomic E-state index is 0.0482. The van der Waals surface area contributed by atoms with Crippen molar-refractivity contribution in [1.29, 1.82) is 0 Å². The smallest absolute Gasteiger partial charge is 0.338 e. The van der Waals surface area contributed by atoms with Gasteiger partial charge < -0.3 is 20.1 Å². The van der Waals surface area contributed by atoms with Gasteiger partial charge in [0, 0.05) is 23.5 Å². The lowest BCUT2D eigenvalue weighted by Crippen LogP contribution is -2.47. The zero-order valence-electron chi connectivity index (χ0n) is 28.5. The summed E-state index contributed by atoms with van der Waals surface area (Å²) in [4.78, 5) is 43.8. The Kier molecular flexibility index (Phi) is 8.80. The van der Waals surface area contributed by atoms with Gasteiger partial charge in [0.15, 0.2) is 0 Å². The van der Waals surface area contributed by atoms with Crippen LogP contribution in [0.3, 0.4) is 0 Å². The number of carboxylic acid groups (broad SMARTS) is 1. The monoisotopic (exact) mass is 678 g/mol. The van der Waals surface area contributed by atoms with Crippen molar-refractivity contribution in [2.75, 3.05) is 5.32 Å². The number of carbonyl (C=O) groups is 3. The third-order valence-corrected chi connectivity index (χ3v) is 11.3. The number of benzene rings is 4. The van der Waals surface area contributed by atoms with Crippen molar-refractivity contribution in [3.8, 4) is 11.3 Å². The van der Waals surface area contributed by atoms with E-state index in [0.717, 1.165) is 52.3 Å². The number of carboxylic acids is 1. The normalized spacial score (nSPS) is 22.3. The van der Waals surface area contributed by atoms with Gasteiger partial charge in [0.2, 0.25) is 0 Å². The van der Waals surface area contributed by atoms with E-state index >= 15 is 0 Å². The van der Waals surface area contributed by atoms with Gasteiger partial charge in [-0.3, -0.25) is 4.79 Å². The first-order chi connectivity index (χ1) is 24.8. The zero-order chi connectivity index (χ0) is 35.0. The van der Waals surface area contributed by atoms with Crippen LogP contribution in [0.1, 0.15) is 92.5 Å². The van der Waals surface area contributed by atoms with E-state index in [1.165, 1.54) is 56.7 Å². The number of carbonyl (C=O) groups excluding carboxylic acids is 2. The number of amides is 1. The van der Waals surface area contributed by atoms with Gasteiger partial charge in [-0.2, -0.15) is 0 Å². The summed E-state index contributed by atoms with van der Waals surface area (Å²) in [6, 6.07) is 35.3. The Hall–Kier alpha value is -5.43. The third-order valence-electron chi connectivity index (χ3n) is 11.3. The van der Waals surface area contributed by atoms with Gasteiger partial charge in [-0.05, 0) is 109 Å². The Morgan fingerprint density at radius 2 is 1.35 bits per heavy atom. The van der Waals surface area contributed by atoms with Crippen molar-refractivity contribution in [1.82, 2.24) is 4.98 Å². The van der Waals surface area contributed by atoms with Crippen LogP contribution in [0.25, 0.3) is 11.3 Å². The van der Waals surface area contributed by atoms with Crippen LogP contribution in [0, 0.1) is 23.2 Å². The quantitative estimate of drug-likeness (QED) is 0.121. The molecule has 5 aromatic rings. The second-order valence-corrected chi connectivity index (χ2v) is 15.1. The van der Waals surface area contributed by atoms with Gasteiger partial charge >= 0.3 is 11.9 Å². The number of rotatable bonds is 11. The summed E-state index contributed by atoms with van der Waals surface area (Å²) in [6.07, 6.45) is 8.31. The standard InChI is InChI=1S/C44H42N2O5/c47-41(37-23-38(32-12-6-2-7-13-32)46-39(37)27-44-24-29-16-30(25-44)18-31(17-29)26-44)45-36-21-34(42(48)49)20-35(22-36)43(50)51-40(33-14-8-3-9-15-33)19-28-10-4-1-5-11-28/h1-15,20-23,29-31,40,46H,16-19,24-27H2,(H,45,47)(H,48,49). The molecule has 0 radical (unpaired) electrons. The van der Waals surface area contributed by atoms with E-state index in [1.807, 2.05) is 97.1 Å². The number of aromatic carboxylic acids is 1. The van der Waals surface area contributed by atoms with Crippen LogP contribution in [0.4, 0.5) is 5.69 Å². The number of nitrogens with one attached hydrogen (secondary N) is 2. The van der Waals surface area contributed by atoms with E-state index in [0.29, 0.717) is 12.0 Å². The first kappa shape index (κ1) is 32.8. The second-order valence-electron chi connectivity index (χ2n) is 15.1. The van der Waals surface area contributed by atoms with E-state index in [1.54, 1.807) is 0 Å². The molecule has 9 rings (SSSR count). The molecule has 1 amide bonds. The fourth-order valence-corrected chi connectivity index (χ4v) is 9.55. The van der Waals surface area contributed by atoms with E-state index in [2.05, 4.69) is 10.3 Å². The molecule has 4 aliphatic rings. The van der Waals surface area contributed by atoms with Crippen molar-refractivity contribution in [2.24, 2.45) is 23.2 Å². The molecule has 0 aliphatic heterocycles. The maximum absolute atomic E-state index is 14.2. The highest BCUT2D eigenvalue weighted by Crippen LogP contribution is 2.61. The lowest BCUT2D eigenvalue weighted by Gasteiger charge is -2.57. The zero-order valence-corrected chi connectivity index (χ0v) is 28.5. The molecule has 258 valence electrons. The Morgan fingerprint density at radius 1 is 0.765 bits per heavy atom. The molecule has 1 heterocycles. The molecule has 0 spiro atoms. The fraction of sp³-hybridized carbons (Fsp3) is 0.295. The van der Waals surface area contributed by atoms with Crippen LogP contribution >= 0.6 is 0 Å². The predicted molar refractivity (Wildman–Crippen MR) is 197 cm³/mol. The summed E-state index contributed by atoms with van der Waals surface area (Å²) < 4.78 is 6.06. The lowest BCUT2D eigenvalue weighted by molar-refractivity contribution is -0.0526. The molecular weight excluding hydrogens is 636 g/mol. The van der Waals surface area contributed by atoms with E-state index in [-0.39, 0.29) is 28.1 Å². The number of anilines is 1. The van der Waals surface area contributed by atoms with Crippen molar-refractivity contribution in [3.63, 3.8) is 0 Å². The van der Waals surface area contributed by atoms with Crippen LogP contribution < -0.4 is 5.32 Å². The molecule has 4 bridgehead atoms. The van der Waals surface area contributed by atoms with Crippen LogP contribution in [0.5, 0.6) is 0 Å². The SMILES string of the molecule is O=C(O)c1cc(NC(=O)c2cc(-c3ccccc3)[nH]c2CC23CC4CC(CC(C4)C2)C3)cc(C(=O)OC(Cc2ccccc2)c2ccccc2)c1. The van der Waals surface area contributed by atoms with E-state index < -0.39 is 18.0 Å². The molecule has 1 aromatic heterocycles. The molecule has 51 heavy (non-hydrogen) atoms. The summed E-state index contributed by atoms with van der Waals surface area (Å²) in [7, 11) is 0. The molecule has 4 aromatic carbocycles. The maximum Gasteiger partial charge on any atom is 0.338 e. The summed E-state index contributed by atoms with van der Waals surface area (Å²) in [5.41, 5.74) is 5.48. The Balaban J connectivity index is 1.08. The number of ether oxygens (including phenoxy) is 1. The molecular formula is C44H42N2O5. The number of esters is 1. The number of aromatic nitrogens is 1. The minimum atomic E-state index is -1.21. The highest BCUT2D eigenvalue weighted by atomic mass is 16.5. The number of hydrogen-bond acceptors (Lipinski definition) is 4. The first-order valence-electron chi connectivity index (χ1n) is 18.1. The predicted octanol–water partition coefficient (Wildman–Crippen LogP) is 9.53. The Morgan fingerprint density at radius 3 is 1.98 bits per heavy atom. The summed E-state index contributed by atoms with van der Waals surface area (Å²) in [5.74, 6) is 0.115. The van der Waals surface area contributed by atoms with E-state index in [4.69, 9.17) is 4.74 Å². The van der Waals surface area contributed by atoms with Crippen LogP contribution in [-0.4, -0.2) is 27.9 Å². The number of aromatic amines is 1. The molecule has 3 N–H and O–H groups in total. The highest BCUT2D eigenvalue weighted by Gasteiger charge is 2.51. The minimum Gasteiger partial charge on any atom is -0.478 e. The molecule has 4 saturated carbocycles. The van der Waals surface area contributed by atoms with Gasteiger partial charge in [0.05, 0.1) is 16.7 Å². The van der Waals surface area contributed by atoms with Crippen molar-refractivity contribution < 1.29 is 24.2 Å². The summed E-state index contributed by atoms with van der Waals surface area (Å²) in [5, 5.41) is 13.0. The molecule has 7 heteroatoms. The molecule has 4 aliphatic carbocycles. The molecule has 7 nitrogen and oxygen atoms in total. The Bertz CT molecular complexity index is 2020. The van der Waals surface area contributed by atoms with Crippen LogP contribution in [0.15, 0.2) is 115 Å². The number of hydrogen-bond donors (Lipinski definition) is 3. The van der Waals surface area contributed by atoms with Gasteiger partial charge in [-0.1, -0.05) is 91.0 Å². The topological polar surface area (TPSA) is 108 Å². The van der Waals surface area contributed by atoms with Crippen molar-refractivity contribution in [2.45, 2.75) is 57.5 Å². The van der Waals surface area contributed by atoms with Gasteiger partial charge in [0.25, 0.3) is 5.91 Å². The third kappa shape index (κ3) is 7.11. The van der Waals surface area contributed by atoms with Gasteiger partial charge in [-0.25, -0.2) is 9.59 Å². The van der Waals surface area contributed by atoms with Gasteiger partial charge in [-0.15, -0.1) is 0 Å². The van der Waals surface area contributed by atoms with Crippen LogP contribution in [-0.2, 0) is 17.6 Å². The molecule has 1 atom stereocenters. The average molecular weight is 679 g/mol. The van der Waals surface area contributed by atoms with Crippen molar-refractivity contribution >= 4 is 23.5 Å². The average Bonchev–Trinajstić information content (AvgIpc) is 3.55. The second kappa shape index (κ2) is 13.7. The highest BCUT2D eigenvalue weighted by molar-refractivity contribution is 6.07. The van der Waals surface area contributed by atoms with E-state index in [9.17, 15) is 19.5 Å².